The van der Waals surface area contributed by atoms with Crippen LogP contribution >= 0.6 is 0 Å². The van der Waals surface area contributed by atoms with E-state index in [1.807, 2.05) is 50.2 Å². The molecule has 2 aromatic carbocycles. The molecular formula is C21H21N5O2. The number of nitrogens with one attached hydrogen (secondary N) is 2. The van der Waals surface area contributed by atoms with E-state index in [4.69, 9.17) is 0 Å². The first-order valence-electron chi connectivity index (χ1n) is 9.22. The number of nitrogens with zero attached hydrogens (tertiary/aromatic N) is 3. The number of benzene rings is 2. The van der Waals surface area contributed by atoms with Gasteiger partial charge in [0.2, 0.25) is 5.91 Å². The zero-order valence-corrected chi connectivity index (χ0v) is 15.8. The van der Waals surface area contributed by atoms with Gasteiger partial charge >= 0.3 is 0 Å². The zero-order valence-electron chi connectivity index (χ0n) is 15.8. The van der Waals surface area contributed by atoms with Crippen molar-refractivity contribution >= 4 is 23.2 Å². The smallest absolute Gasteiger partial charge is 0.277 e. The van der Waals surface area contributed by atoms with Crippen LogP contribution in [0.4, 0.5) is 11.4 Å². The zero-order chi connectivity index (χ0) is 19.7. The Kier molecular flexibility index (Phi) is 4.65. The number of aryl methyl sites for hydroxylation is 2. The molecule has 1 saturated carbocycles. The Hall–Kier alpha value is -3.48. The predicted molar refractivity (Wildman–Crippen MR) is 107 cm³/mol. The van der Waals surface area contributed by atoms with Crippen LogP contribution < -0.4 is 10.6 Å². The minimum Gasteiger partial charge on any atom is -0.326 e. The molecule has 0 unspecified atom stereocenters. The second-order valence-electron chi connectivity index (χ2n) is 7.13. The molecule has 142 valence electrons. The summed E-state index contributed by atoms with van der Waals surface area (Å²) in [6.45, 7) is 3.90. The van der Waals surface area contributed by atoms with Crippen LogP contribution in [-0.2, 0) is 4.79 Å². The normalized spacial score (nSPS) is 13.2. The van der Waals surface area contributed by atoms with Gasteiger partial charge in [-0.1, -0.05) is 29.0 Å². The molecule has 7 heteroatoms. The maximum absolute atomic E-state index is 12.6. The van der Waals surface area contributed by atoms with Crippen LogP contribution in [-0.4, -0.2) is 26.8 Å². The van der Waals surface area contributed by atoms with Crippen LogP contribution in [0.5, 0.6) is 0 Å². The molecule has 0 spiro atoms. The molecule has 0 bridgehead atoms. The van der Waals surface area contributed by atoms with Gasteiger partial charge in [-0.25, -0.2) is 4.68 Å². The number of carbonyl (C=O) groups excluding carboxylic acids is 2. The van der Waals surface area contributed by atoms with E-state index < -0.39 is 0 Å². The summed E-state index contributed by atoms with van der Waals surface area (Å²) >= 11 is 0. The molecule has 7 nitrogen and oxygen atoms in total. The molecule has 0 radical (unpaired) electrons. The van der Waals surface area contributed by atoms with Crippen LogP contribution in [0.25, 0.3) is 5.69 Å². The van der Waals surface area contributed by atoms with Gasteiger partial charge in [-0.15, -0.1) is 5.10 Å². The fourth-order valence-electron chi connectivity index (χ4n) is 2.80. The first kappa shape index (κ1) is 17.9. The number of rotatable bonds is 5. The molecular weight excluding hydrogens is 354 g/mol. The van der Waals surface area contributed by atoms with Crippen molar-refractivity contribution in [3.63, 3.8) is 0 Å². The fraction of sp³-hybridized carbons (Fsp3) is 0.238. The minimum atomic E-state index is -0.355. The second kappa shape index (κ2) is 7.26. The third-order valence-electron chi connectivity index (χ3n) is 4.73. The molecule has 1 aromatic heterocycles. The number of amides is 2. The van der Waals surface area contributed by atoms with Gasteiger partial charge < -0.3 is 10.6 Å². The highest BCUT2D eigenvalue weighted by Gasteiger charge is 2.29. The summed E-state index contributed by atoms with van der Waals surface area (Å²) in [7, 11) is 0. The maximum atomic E-state index is 12.6. The van der Waals surface area contributed by atoms with Crippen molar-refractivity contribution in [1.82, 2.24) is 15.0 Å². The van der Waals surface area contributed by atoms with Gasteiger partial charge in [-0.05, 0) is 56.5 Å². The van der Waals surface area contributed by atoms with Crippen LogP contribution in [0.3, 0.4) is 0 Å². The lowest BCUT2D eigenvalue weighted by Crippen LogP contribution is -2.15. The first-order chi connectivity index (χ1) is 13.5. The van der Waals surface area contributed by atoms with Crippen LogP contribution in [0.2, 0.25) is 0 Å². The van der Waals surface area contributed by atoms with E-state index >= 15 is 0 Å². The summed E-state index contributed by atoms with van der Waals surface area (Å²) in [5.41, 5.74) is 4.38. The Balaban J connectivity index is 1.48. The van der Waals surface area contributed by atoms with Crippen molar-refractivity contribution in [2.45, 2.75) is 26.7 Å². The number of anilines is 2. The highest BCUT2D eigenvalue weighted by Crippen LogP contribution is 2.31. The van der Waals surface area contributed by atoms with Crippen LogP contribution in [0.1, 0.15) is 34.5 Å². The molecule has 1 fully saturated rings. The SMILES string of the molecule is Cc1ccc(-n2cc(C(=O)Nc3cc(NC(=O)C4CC4)ccc3C)nn2)cc1. The third-order valence-corrected chi connectivity index (χ3v) is 4.73. The maximum Gasteiger partial charge on any atom is 0.277 e. The largest absolute Gasteiger partial charge is 0.326 e. The molecule has 3 aromatic rings. The van der Waals surface area contributed by atoms with Gasteiger partial charge in [0.15, 0.2) is 5.69 Å². The Labute approximate surface area is 162 Å². The number of hydrogen-bond donors (Lipinski definition) is 2. The average molecular weight is 375 g/mol. The number of aromatic nitrogens is 3. The minimum absolute atomic E-state index is 0.0298. The molecule has 1 aliphatic rings. The van der Waals surface area contributed by atoms with E-state index in [-0.39, 0.29) is 23.4 Å². The van der Waals surface area contributed by atoms with Gasteiger partial charge in [-0.3, -0.25) is 9.59 Å². The molecule has 4 rings (SSSR count). The lowest BCUT2D eigenvalue weighted by molar-refractivity contribution is -0.117. The molecule has 2 amide bonds. The van der Waals surface area contributed by atoms with E-state index in [2.05, 4.69) is 20.9 Å². The topological polar surface area (TPSA) is 88.9 Å². The molecule has 1 aliphatic carbocycles. The lowest BCUT2D eigenvalue weighted by atomic mass is 10.1. The first-order valence-corrected chi connectivity index (χ1v) is 9.22. The third kappa shape index (κ3) is 3.93. The highest BCUT2D eigenvalue weighted by molar-refractivity contribution is 6.03. The second-order valence-corrected chi connectivity index (χ2v) is 7.13. The van der Waals surface area contributed by atoms with Crippen molar-refractivity contribution in [3.8, 4) is 5.69 Å². The van der Waals surface area contributed by atoms with Gasteiger partial charge in [0, 0.05) is 17.3 Å². The summed E-state index contributed by atoms with van der Waals surface area (Å²) in [4.78, 5) is 24.6. The molecule has 0 atom stereocenters. The Morgan fingerprint density at radius 2 is 1.79 bits per heavy atom. The van der Waals surface area contributed by atoms with Crippen molar-refractivity contribution in [1.29, 1.82) is 0 Å². The van der Waals surface area contributed by atoms with Crippen LogP contribution in [0.15, 0.2) is 48.7 Å². The standard InChI is InChI=1S/C21H21N5O2/c1-13-3-9-17(10-4-13)26-12-19(24-25-26)21(28)23-18-11-16(8-5-14(18)2)22-20(27)15-6-7-15/h3-5,8-12,15H,6-7H2,1-2H3,(H,22,27)(H,23,28). The van der Waals surface area contributed by atoms with E-state index in [0.29, 0.717) is 11.4 Å². The highest BCUT2D eigenvalue weighted by atomic mass is 16.2. The molecule has 0 aliphatic heterocycles. The predicted octanol–water partition coefficient (Wildman–Crippen LogP) is 3.48. The summed E-state index contributed by atoms with van der Waals surface area (Å²) in [6.07, 6.45) is 3.48. The van der Waals surface area contributed by atoms with Crippen molar-refractivity contribution in [3.05, 3.63) is 65.5 Å². The van der Waals surface area contributed by atoms with Crippen molar-refractivity contribution in [2.75, 3.05) is 10.6 Å². The van der Waals surface area contributed by atoms with Gasteiger partial charge in [-0.2, -0.15) is 0 Å². The Morgan fingerprint density at radius 1 is 1.04 bits per heavy atom. The van der Waals surface area contributed by atoms with Gasteiger partial charge in [0.25, 0.3) is 5.91 Å². The average Bonchev–Trinajstić information content (AvgIpc) is 3.42. The summed E-state index contributed by atoms with van der Waals surface area (Å²) in [5.74, 6) is -0.203. The Morgan fingerprint density at radius 3 is 2.50 bits per heavy atom. The Bertz CT molecular complexity index is 1040. The van der Waals surface area contributed by atoms with E-state index in [0.717, 1.165) is 29.7 Å². The molecule has 1 heterocycles. The summed E-state index contributed by atoms with van der Waals surface area (Å²) < 4.78 is 1.56. The monoisotopic (exact) mass is 375 g/mol. The number of hydrogen-bond acceptors (Lipinski definition) is 4. The summed E-state index contributed by atoms with van der Waals surface area (Å²) in [5, 5.41) is 13.8. The summed E-state index contributed by atoms with van der Waals surface area (Å²) in [6, 6.07) is 13.2. The quantitative estimate of drug-likeness (QED) is 0.714. The van der Waals surface area contributed by atoms with Crippen LogP contribution in [0, 0.1) is 19.8 Å². The molecule has 0 saturated heterocycles. The van der Waals surface area contributed by atoms with E-state index in [1.165, 1.54) is 0 Å². The lowest BCUT2D eigenvalue weighted by Gasteiger charge is -2.10. The van der Waals surface area contributed by atoms with Crippen molar-refractivity contribution in [2.24, 2.45) is 5.92 Å². The van der Waals surface area contributed by atoms with Crippen molar-refractivity contribution < 1.29 is 9.59 Å². The van der Waals surface area contributed by atoms with E-state index in [9.17, 15) is 9.59 Å². The number of carbonyl (C=O) groups is 2. The molecule has 28 heavy (non-hydrogen) atoms. The van der Waals surface area contributed by atoms with Gasteiger partial charge in [0.05, 0.1) is 11.9 Å². The fourth-order valence-corrected chi connectivity index (χ4v) is 2.80. The van der Waals surface area contributed by atoms with Gasteiger partial charge in [0.1, 0.15) is 0 Å². The van der Waals surface area contributed by atoms with E-state index in [1.54, 1.807) is 16.9 Å². The molecule has 2 N–H and O–H groups in total.